The van der Waals surface area contributed by atoms with Crippen LogP contribution in [-0.2, 0) is 0 Å². The molecule has 1 aliphatic carbocycles. The van der Waals surface area contributed by atoms with Gasteiger partial charge in [0.05, 0.1) is 17.7 Å². The van der Waals surface area contributed by atoms with Crippen molar-refractivity contribution in [1.82, 2.24) is 15.1 Å². The van der Waals surface area contributed by atoms with Crippen LogP contribution in [0.4, 0.5) is 11.5 Å². The van der Waals surface area contributed by atoms with Crippen LogP contribution in [0.3, 0.4) is 0 Å². The smallest absolute Gasteiger partial charge is 0.274 e. The maximum atomic E-state index is 13.3. The minimum absolute atomic E-state index is 0.00182. The minimum atomic E-state index is -2.62. The lowest BCUT2D eigenvalue weighted by Gasteiger charge is -2.34. The number of aliphatic hydroxyl groups is 1. The van der Waals surface area contributed by atoms with E-state index < -0.39 is 18.9 Å². The third-order valence-electron chi connectivity index (χ3n) is 6.64. The zero-order valence-electron chi connectivity index (χ0n) is 21.9. The summed E-state index contributed by atoms with van der Waals surface area (Å²) in [5.74, 6) is 0.821. The molecule has 9 heteroatoms. The third kappa shape index (κ3) is 5.60. The molecule has 0 atom stereocenters. The molecule has 1 aromatic carbocycles. The number of hydrogen-bond acceptors (Lipinski definition) is 6. The summed E-state index contributed by atoms with van der Waals surface area (Å²) in [6.45, 7) is 6.14. The number of nitrogens with zero attached hydrogens (tertiary/aromatic N) is 5. The molecule has 1 saturated carbocycles. The molecule has 1 aromatic heterocycles. The van der Waals surface area contributed by atoms with E-state index in [9.17, 15) is 9.90 Å². The van der Waals surface area contributed by atoms with Crippen molar-refractivity contribution in [1.29, 1.82) is 0 Å². The summed E-state index contributed by atoms with van der Waals surface area (Å²) in [4.78, 5) is 19.6. The summed E-state index contributed by atoms with van der Waals surface area (Å²) in [6, 6.07) is 7.66. The lowest BCUT2D eigenvalue weighted by atomic mass is 9.92. The molecule has 1 N–H and O–H groups in total. The van der Waals surface area contributed by atoms with Gasteiger partial charge in [0, 0.05) is 36.8 Å². The first kappa shape index (κ1) is 20.5. The summed E-state index contributed by atoms with van der Waals surface area (Å²) < 4.78 is 30.1. The molecule has 1 aliphatic heterocycles. The van der Waals surface area contributed by atoms with E-state index in [1.165, 1.54) is 6.07 Å². The lowest BCUT2D eigenvalue weighted by Crippen LogP contribution is -2.41. The van der Waals surface area contributed by atoms with Crippen molar-refractivity contribution in [2.45, 2.75) is 50.7 Å². The second-order valence-corrected chi connectivity index (χ2v) is 9.25. The topological polar surface area (TPSA) is 83.2 Å². The third-order valence-corrected chi connectivity index (χ3v) is 6.94. The highest BCUT2D eigenvalue weighted by Gasteiger charge is 2.29. The van der Waals surface area contributed by atoms with E-state index in [0.29, 0.717) is 53.9 Å². The van der Waals surface area contributed by atoms with Gasteiger partial charge in [-0.1, -0.05) is 17.7 Å². The van der Waals surface area contributed by atoms with Crippen LogP contribution in [0.1, 0.15) is 53.1 Å². The van der Waals surface area contributed by atoms with Crippen molar-refractivity contribution in [3.63, 3.8) is 0 Å². The van der Waals surface area contributed by atoms with Gasteiger partial charge in [0.15, 0.2) is 11.5 Å². The number of carbonyl (C=O) groups is 1. The highest BCUT2D eigenvalue weighted by atomic mass is 35.5. The van der Waals surface area contributed by atoms with Crippen LogP contribution >= 0.6 is 11.6 Å². The quantitative estimate of drug-likeness (QED) is 0.611. The van der Waals surface area contributed by atoms with Crippen molar-refractivity contribution < 1.29 is 18.8 Å². The van der Waals surface area contributed by atoms with Gasteiger partial charge in [-0.05, 0) is 68.7 Å². The van der Waals surface area contributed by atoms with Crippen LogP contribution < -0.4 is 9.64 Å². The van der Waals surface area contributed by atoms with Crippen LogP contribution in [0.5, 0.6) is 5.75 Å². The highest BCUT2D eigenvalue weighted by Crippen LogP contribution is 2.32. The molecule has 1 saturated heterocycles. The predicted octanol–water partition coefficient (Wildman–Crippen LogP) is 4.35. The number of rotatable bonds is 6. The van der Waals surface area contributed by atoms with Gasteiger partial charge in [-0.2, -0.15) is 0 Å². The Morgan fingerprint density at radius 3 is 2.59 bits per heavy atom. The van der Waals surface area contributed by atoms with Crippen molar-refractivity contribution in [2.24, 2.45) is 5.92 Å². The fourth-order valence-electron chi connectivity index (χ4n) is 4.51. The van der Waals surface area contributed by atoms with Gasteiger partial charge >= 0.3 is 0 Å². The molecule has 34 heavy (non-hydrogen) atoms. The molecular formula is C25H30ClN5O3. The molecule has 2 heterocycles. The van der Waals surface area contributed by atoms with E-state index in [-0.39, 0.29) is 18.4 Å². The molecule has 0 radical (unpaired) electrons. The zero-order chi connectivity index (χ0) is 26.6. The normalized spacial score (nSPS) is 22.7. The van der Waals surface area contributed by atoms with E-state index in [2.05, 4.69) is 19.9 Å². The Labute approximate surface area is 209 Å². The zero-order valence-corrected chi connectivity index (χ0v) is 19.6. The minimum Gasteiger partial charge on any atom is -0.490 e. The van der Waals surface area contributed by atoms with Gasteiger partial charge in [-0.3, -0.25) is 4.79 Å². The highest BCUT2D eigenvalue weighted by molar-refractivity contribution is 6.33. The van der Waals surface area contributed by atoms with Gasteiger partial charge in [0.1, 0.15) is 5.75 Å². The number of aromatic nitrogens is 2. The number of halogens is 1. The SMILES string of the molecule is [2H]C([2H])([2H])N(C(=O)c1ccc(N2CCC(CO)CC2)nn1)C1CCC(Oc2ccc([N+]#[C-])c(Cl)c2)CC1. The van der Waals surface area contributed by atoms with Crippen LogP contribution in [0.25, 0.3) is 4.85 Å². The summed E-state index contributed by atoms with van der Waals surface area (Å²) >= 11 is 6.10. The number of piperidine rings is 1. The van der Waals surface area contributed by atoms with Gasteiger partial charge in [0.2, 0.25) is 5.69 Å². The van der Waals surface area contributed by atoms with Crippen LogP contribution in [-0.4, -0.2) is 64.9 Å². The maximum absolute atomic E-state index is 13.3. The molecule has 2 fully saturated rings. The van der Waals surface area contributed by atoms with Crippen molar-refractivity contribution in [3.05, 3.63) is 52.5 Å². The number of benzene rings is 1. The number of hydrogen-bond donors (Lipinski definition) is 1. The van der Waals surface area contributed by atoms with Crippen molar-refractivity contribution in [3.8, 4) is 5.75 Å². The van der Waals surface area contributed by atoms with E-state index in [1.807, 2.05) is 0 Å². The average molecular weight is 487 g/mol. The van der Waals surface area contributed by atoms with Crippen LogP contribution in [0, 0.1) is 12.5 Å². The predicted molar refractivity (Wildman–Crippen MR) is 131 cm³/mol. The second-order valence-electron chi connectivity index (χ2n) is 8.84. The molecule has 4 rings (SSSR count). The summed E-state index contributed by atoms with van der Waals surface area (Å²) in [5.41, 5.74) is 0.352. The molecule has 0 bridgehead atoms. The fourth-order valence-corrected chi connectivity index (χ4v) is 4.72. The number of aliphatic hydroxyl groups excluding tert-OH is 1. The Morgan fingerprint density at radius 2 is 2.00 bits per heavy atom. The second kappa shape index (κ2) is 11.0. The molecular weight excluding hydrogens is 454 g/mol. The maximum Gasteiger partial charge on any atom is 0.274 e. The first-order chi connectivity index (χ1) is 17.7. The van der Waals surface area contributed by atoms with Crippen molar-refractivity contribution >= 4 is 29.0 Å². The fraction of sp³-hybridized carbons (Fsp3) is 0.520. The van der Waals surface area contributed by atoms with E-state index in [4.69, 9.17) is 27.0 Å². The number of anilines is 1. The Bertz CT molecular complexity index is 1130. The first-order valence-electron chi connectivity index (χ1n) is 13.1. The van der Waals surface area contributed by atoms with E-state index in [1.54, 1.807) is 24.3 Å². The molecule has 8 nitrogen and oxygen atoms in total. The molecule has 0 spiro atoms. The molecule has 2 aliphatic rings. The largest absolute Gasteiger partial charge is 0.490 e. The molecule has 0 unspecified atom stereocenters. The number of amides is 1. The van der Waals surface area contributed by atoms with Gasteiger partial charge in [-0.15, -0.1) is 10.2 Å². The van der Waals surface area contributed by atoms with E-state index >= 15 is 0 Å². The summed E-state index contributed by atoms with van der Waals surface area (Å²) in [6.07, 6.45) is 3.65. The molecule has 180 valence electrons. The van der Waals surface area contributed by atoms with Crippen molar-refractivity contribution in [2.75, 3.05) is 31.6 Å². The van der Waals surface area contributed by atoms with Crippen LogP contribution in [0.15, 0.2) is 30.3 Å². The van der Waals surface area contributed by atoms with E-state index in [0.717, 1.165) is 30.8 Å². The molecule has 1 amide bonds. The average Bonchev–Trinajstić information content (AvgIpc) is 2.89. The Morgan fingerprint density at radius 1 is 1.24 bits per heavy atom. The monoisotopic (exact) mass is 486 g/mol. The van der Waals surface area contributed by atoms with Crippen LogP contribution in [0.2, 0.25) is 5.02 Å². The first-order valence-corrected chi connectivity index (χ1v) is 11.9. The molecule has 2 aromatic rings. The van der Waals surface area contributed by atoms with Gasteiger partial charge < -0.3 is 19.6 Å². The summed E-state index contributed by atoms with van der Waals surface area (Å²) in [5, 5.41) is 17.9. The van der Waals surface area contributed by atoms with Gasteiger partial charge in [0.25, 0.3) is 5.91 Å². The lowest BCUT2D eigenvalue weighted by molar-refractivity contribution is 0.0603. The standard InChI is InChI=1S/C25H30ClN5O3/c1-27-22-8-7-20(15-21(22)26)34-19-5-3-18(4-6-19)30(2)25(33)23-9-10-24(29-28-23)31-13-11-17(16-32)12-14-31/h7-10,15,17-19,32H,3-6,11-14,16H2,2H3/i2D3. The Hall–Kier alpha value is -2.89. The Kier molecular flexibility index (Phi) is 6.64. The number of ether oxygens (including phenoxy) is 1. The van der Waals surface area contributed by atoms with Gasteiger partial charge in [-0.25, -0.2) is 4.85 Å². The number of carbonyl (C=O) groups excluding carboxylic acids is 1. The summed E-state index contributed by atoms with van der Waals surface area (Å²) in [7, 11) is 0. The Balaban J connectivity index is 1.39.